The van der Waals surface area contributed by atoms with Gasteiger partial charge in [-0.25, -0.2) is 0 Å². The van der Waals surface area contributed by atoms with E-state index in [0.717, 1.165) is 5.56 Å². The first-order chi connectivity index (χ1) is 7.90. The van der Waals surface area contributed by atoms with E-state index >= 15 is 0 Å². The molecule has 0 spiro atoms. The van der Waals surface area contributed by atoms with E-state index in [1.807, 2.05) is 26.0 Å². The first-order valence-corrected chi connectivity index (χ1v) is 5.32. The molecule has 1 aromatic carbocycles. The number of benzene rings is 1. The number of hydrogen-bond donors (Lipinski definition) is 0. The number of rotatable bonds is 5. The second-order valence-corrected chi connectivity index (χ2v) is 3.84. The minimum absolute atomic E-state index is 0.122. The van der Waals surface area contributed by atoms with Crippen molar-refractivity contribution in [1.29, 1.82) is 0 Å². The van der Waals surface area contributed by atoms with Gasteiger partial charge in [0.1, 0.15) is 12.4 Å². The molecule has 0 aliphatic carbocycles. The number of hydrogen-bond acceptors (Lipinski definition) is 2. The molecule has 0 amide bonds. The summed E-state index contributed by atoms with van der Waals surface area (Å²) in [6.07, 6.45) is -4.60. The van der Waals surface area contributed by atoms with Crippen LogP contribution in [-0.2, 0) is 4.74 Å². The van der Waals surface area contributed by atoms with Crippen LogP contribution in [0.15, 0.2) is 24.3 Å². The molecule has 0 heterocycles. The molecule has 1 rings (SSSR count). The summed E-state index contributed by atoms with van der Waals surface area (Å²) in [6.45, 7) is 3.36. The van der Waals surface area contributed by atoms with Gasteiger partial charge in [-0.3, -0.25) is 4.74 Å². The molecule has 17 heavy (non-hydrogen) atoms. The highest BCUT2D eigenvalue weighted by molar-refractivity contribution is 5.35. The lowest BCUT2D eigenvalue weighted by Gasteiger charge is -2.14. The van der Waals surface area contributed by atoms with Crippen molar-refractivity contribution in [3.05, 3.63) is 29.8 Å². The van der Waals surface area contributed by atoms with E-state index in [2.05, 4.69) is 4.74 Å². The lowest BCUT2D eigenvalue weighted by Crippen LogP contribution is -2.18. The van der Waals surface area contributed by atoms with Crippen molar-refractivity contribution in [3.8, 4) is 5.75 Å². The standard InChI is InChI=1S/C12H15F3O2/c1-9(2)10-5-3-4-6-11(10)16-7-8-17-12(13,14)15/h3-6,9H,7-8H2,1-2H3. The normalized spacial score (nSPS) is 11.9. The fourth-order valence-electron chi connectivity index (χ4n) is 1.40. The Labute approximate surface area is 98.3 Å². The number of ether oxygens (including phenoxy) is 2. The summed E-state index contributed by atoms with van der Waals surface area (Å²) in [6, 6.07) is 7.29. The van der Waals surface area contributed by atoms with Gasteiger partial charge in [-0.15, -0.1) is 13.2 Å². The fraction of sp³-hybridized carbons (Fsp3) is 0.500. The maximum absolute atomic E-state index is 11.7. The second-order valence-electron chi connectivity index (χ2n) is 3.84. The average Bonchev–Trinajstić information content (AvgIpc) is 2.23. The van der Waals surface area contributed by atoms with Crippen LogP contribution < -0.4 is 4.74 Å². The van der Waals surface area contributed by atoms with Crippen molar-refractivity contribution in [2.75, 3.05) is 13.2 Å². The number of alkyl halides is 3. The zero-order chi connectivity index (χ0) is 12.9. The van der Waals surface area contributed by atoms with E-state index in [-0.39, 0.29) is 12.5 Å². The molecule has 0 fully saturated rings. The summed E-state index contributed by atoms with van der Waals surface area (Å²) in [5, 5.41) is 0. The molecule has 0 bridgehead atoms. The Morgan fingerprint density at radius 1 is 1.12 bits per heavy atom. The monoisotopic (exact) mass is 248 g/mol. The second kappa shape index (κ2) is 5.91. The predicted molar refractivity (Wildman–Crippen MR) is 58.0 cm³/mol. The van der Waals surface area contributed by atoms with Gasteiger partial charge >= 0.3 is 6.36 Å². The van der Waals surface area contributed by atoms with Crippen LogP contribution in [0.1, 0.15) is 25.3 Å². The van der Waals surface area contributed by atoms with E-state index in [1.54, 1.807) is 12.1 Å². The minimum Gasteiger partial charge on any atom is -0.491 e. The molecular weight excluding hydrogens is 233 g/mol. The SMILES string of the molecule is CC(C)c1ccccc1OCCOC(F)(F)F. The third-order valence-corrected chi connectivity index (χ3v) is 2.15. The van der Waals surface area contributed by atoms with Crippen LogP contribution in [0.2, 0.25) is 0 Å². The Hall–Kier alpha value is -1.23. The third kappa shape index (κ3) is 5.08. The van der Waals surface area contributed by atoms with Crippen LogP contribution in [-0.4, -0.2) is 19.6 Å². The van der Waals surface area contributed by atoms with E-state index in [4.69, 9.17) is 4.74 Å². The van der Waals surface area contributed by atoms with E-state index in [9.17, 15) is 13.2 Å². The van der Waals surface area contributed by atoms with Gasteiger partial charge in [-0.2, -0.15) is 0 Å². The van der Waals surface area contributed by atoms with Crippen molar-refractivity contribution in [2.45, 2.75) is 26.1 Å². The predicted octanol–water partition coefficient (Wildman–Crippen LogP) is 3.73. The molecule has 0 saturated carbocycles. The zero-order valence-corrected chi connectivity index (χ0v) is 9.75. The molecular formula is C12H15F3O2. The lowest BCUT2D eigenvalue weighted by molar-refractivity contribution is -0.325. The van der Waals surface area contributed by atoms with Gasteiger partial charge in [0.25, 0.3) is 0 Å². The Kier molecular flexibility index (Phi) is 4.81. The van der Waals surface area contributed by atoms with Gasteiger partial charge in [0.05, 0.1) is 6.61 Å². The molecule has 0 atom stereocenters. The highest BCUT2D eigenvalue weighted by Gasteiger charge is 2.28. The number of para-hydroxylation sites is 1. The summed E-state index contributed by atoms with van der Waals surface area (Å²) in [5.41, 5.74) is 0.972. The summed E-state index contributed by atoms with van der Waals surface area (Å²) < 4.78 is 44.0. The summed E-state index contributed by atoms with van der Waals surface area (Å²) in [4.78, 5) is 0. The maximum atomic E-state index is 11.7. The van der Waals surface area contributed by atoms with Gasteiger partial charge in [0.15, 0.2) is 0 Å². The van der Waals surface area contributed by atoms with Gasteiger partial charge in [0, 0.05) is 0 Å². The fourth-order valence-corrected chi connectivity index (χ4v) is 1.40. The quantitative estimate of drug-likeness (QED) is 0.739. The Balaban J connectivity index is 2.47. The largest absolute Gasteiger partial charge is 0.522 e. The Morgan fingerprint density at radius 3 is 2.35 bits per heavy atom. The van der Waals surface area contributed by atoms with Crippen molar-refractivity contribution < 1.29 is 22.6 Å². The van der Waals surface area contributed by atoms with Crippen molar-refractivity contribution in [3.63, 3.8) is 0 Å². The van der Waals surface area contributed by atoms with E-state index in [1.165, 1.54) is 0 Å². The smallest absolute Gasteiger partial charge is 0.491 e. The van der Waals surface area contributed by atoms with Gasteiger partial charge in [0.2, 0.25) is 0 Å². The van der Waals surface area contributed by atoms with Crippen LogP contribution in [0, 0.1) is 0 Å². The van der Waals surface area contributed by atoms with Crippen molar-refractivity contribution >= 4 is 0 Å². The maximum Gasteiger partial charge on any atom is 0.522 e. The topological polar surface area (TPSA) is 18.5 Å². The Morgan fingerprint density at radius 2 is 1.76 bits per heavy atom. The highest BCUT2D eigenvalue weighted by Crippen LogP contribution is 2.25. The Bertz CT molecular complexity index is 348. The van der Waals surface area contributed by atoms with E-state index < -0.39 is 13.0 Å². The summed E-state index contributed by atoms with van der Waals surface area (Å²) in [5.74, 6) is 0.864. The molecule has 1 aromatic rings. The van der Waals surface area contributed by atoms with Crippen LogP contribution >= 0.6 is 0 Å². The van der Waals surface area contributed by atoms with Crippen LogP contribution in [0.5, 0.6) is 5.75 Å². The molecule has 0 unspecified atom stereocenters. The van der Waals surface area contributed by atoms with Gasteiger partial charge < -0.3 is 4.74 Å². The summed E-state index contributed by atoms with van der Waals surface area (Å²) >= 11 is 0. The first-order valence-electron chi connectivity index (χ1n) is 5.32. The first kappa shape index (κ1) is 13.8. The van der Waals surface area contributed by atoms with Gasteiger partial charge in [-0.05, 0) is 17.5 Å². The highest BCUT2D eigenvalue weighted by atomic mass is 19.4. The minimum atomic E-state index is -4.60. The molecule has 0 aliphatic heterocycles. The van der Waals surface area contributed by atoms with Crippen molar-refractivity contribution in [1.82, 2.24) is 0 Å². The summed E-state index contributed by atoms with van der Waals surface area (Å²) in [7, 11) is 0. The average molecular weight is 248 g/mol. The van der Waals surface area contributed by atoms with Crippen LogP contribution in [0.25, 0.3) is 0 Å². The molecule has 5 heteroatoms. The van der Waals surface area contributed by atoms with E-state index in [0.29, 0.717) is 5.75 Å². The molecule has 0 saturated heterocycles. The number of halogens is 3. The molecule has 0 radical (unpaired) electrons. The van der Waals surface area contributed by atoms with Crippen molar-refractivity contribution in [2.24, 2.45) is 0 Å². The van der Waals surface area contributed by atoms with Crippen LogP contribution in [0.3, 0.4) is 0 Å². The lowest BCUT2D eigenvalue weighted by atomic mass is 10.0. The molecule has 2 nitrogen and oxygen atoms in total. The van der Waals surface area contributed by atoms with Gasteiger partial charge in [-0.1, -0.05) is 32.0 Å². The molecule has 0 N–H and O–H groups in total. The zero-order valence-electron chi connectivity index (χ0n) is 9.75. The third-order valence-electron chi connectivity index (χ3n) is 2.15. The molecule has 0 aliphatic rings. The van der Waals surface area contributed by atoms with Crippen LogP contribution in [0.4, 0.5) is 13.2 Å². The molecule has 96 valence electrons. The molecule has 0 aromatic heterocycles.